The van der Waals surface area contributed by atoms with Gasteiger partial charge in [0.2, 0.25) is 0 Å². The molecule has 0 aliphatic heterocycles. The summed E-state index contributed by atoms with van der Waals surface area (Å²) in [5.74, 6) is 0.872. The first-order valence-corrected chi connectivity index (χ1v) is 6.68. The summed E-state index contributed by atoms with van der Waals surface area (Å²) in [6, 6.07) is 13.5. The highest BCUT2D eigenvalue weighted by Gasteiger charge is 2.03. The Morgan fingerprint density at radius 3 is 2.74 bits per heavy atom. The smallest absolute Gasteiger partial charge is 0.134 e. The molecule has 19 heavy (non-hydrogen) atoms. The van der Waals surface area contributed by atoms with E-state index in [0.717, 1.165) is 15.8 Å². The molecule has 2 aromatic carbocycles. The normalized spacial score (nSPS) is 10.2. The van der Waals surface area contributed by atoms with Crippen LogP contribution in [0.2, 0.25) is 0 Å². The number of benzene rings is 2. The molecule has 0 aliphatic carbocycles. The van der Waals surface area contributed by atoms with Gasteiger partial charge in [0.15, 0.2) is 0 Å². The first-order chi connectivity index (χ1) is 9.06. The summed E-state index contributed by atoms with van der Waals surface area (Å²) in [4.78, 5) is 0. The van der Waals surface area contributed by atoms with Crippen LogP contribution in [-0.4, -0.2) is 5.84 Å². The van der Waals surface area contributed by atoms with Crippen molar-refractivity contribution in [1.82, 2.24) is 0 Å². The second-order valence-corrected chi connectivity index (χ2v) is 5.19. The van der Waals surface area contributed by atoms with E-state index in [4.69, 9.17) is 15.9 Å². The molecule has 4 heteroatoms. The molecule has 98 valence electrons. The maximum atomic E-state index is 7.42. The average molecular weight is 319 g/mol. The summed E-state index contributed by atoms with van der Waals surface area (Å²) >= 11 is 3.48. The second kappa shape index (κ2) is 5.89. The van der Waals surface area contributed by atoms with E-state index < -0.39 is 0 Å². The summed E-state index contributed by atoms with van der Waals surface area (Å²) < 4.78 is 6.69. The first kappa shape index (κ1) is 13.6. The highest BCUT2D eigenvalue weighted by atomic mass is 79.9. The Morgan fingerprint density at radius 1 is 1.26 bits per heavy atom. The van der Waals surface area contributed by atoms with Gasteiger partial charge >= 0.3 is 0 Å². The highest BCUT2D eigenvalue weighted by molar-refractivity contribution is 9.10. The van der Waals surface area contributed by atoms with Crippen LogP contribution < -0.4 is 10.5 Å². The van der Waals surface area contributed by atoms with Crippen LogP contribution in [0.1, 0.15) is 16.7 Å². The predicted octanol–water partition coefficient (Wildman–Crippen LogP) is 3.62. The number of nitrogen functional groups attached to an aromatic ring is 1. The van der Waals surface area contributed by atoms with Gasteiger partial charge in [-0.3, -0.25) is 5.41 Å². The molecule has 2 aromatic rings. The summed E-state index contributed by atoms with van der Waals surface area (Å²) in [6.07, 6.45) is 0. The molecule has 0 saturated carbocycles. The van der Waals surface area contributed by atoms with Gasteiger partial charge in [-0.15, -0.1) is 0 Å². The van der Waals surface area contributed by atoms with Gasteiger partial charge in [0.25, 0.3) is 0 Å². The molecule has 0 radical (unpaired) electrons. The van der Waals surface area contributed by atoms with Crippen molar-refractivity contribution in [2.45, 2.75) is 13.5 Å². The number of halogens is 1. The van der Waals surface area contributed by atoms with Gasteiger partial charge in [0.1, 0.15) is 18.2 Å². The van der Waals surface area contributed by atoms with Gasteiger partial charge in [0.05, 0.1) is 4.47 Å². The van der Waals surface area contributed by atoms with Gasteiger partial charge < -0.3 is 10.5 Å². The fraction of sp³-hybridized carbons (Fsp3) is 0.133. The van der Waals surface area contributed by atoms with Crippen LogP contribution in [0.3, 0.4) is 0 Å². The van der Waals surface area contributed by atoms with E-state index in [9.17, 15) is 0 Å². The molecule has 3 N–H and O–H groups in total. The van der Waals surface area contributed by atoms with Crippen LogP contribution in [0.25, 0.3) is 0 Å². The number of hydrogen-bond donors (Lipinski definition) is 2. The number of ether oxygens (including phenoxy) is 1. The Labute approximate surface area is 121 Å². The summed E-state index contributed by atoms with van der Waals surface area (Å²) in [6.45, 7) is 2.48. The van der Waals surface area contributed by atoms with Crippen molar-refractivity contribution in [1.29, 1.82) is 5.41 Å². The highest BCUT2D eigenvalue weighted by Crippen LogP contribution is 2.26. The molecule has 0 atom stereocenters. The van der Waals surface area contributed by atoms with E-state index in [1.54, 1.807) is 0 Å². The molecular formula is C15H15BrN2O. The molecule has 0 aliphatic rings. The van der Waals surface area contributed by atoms with Crippen LogP contribution in [0.4, 0.5) is 0 Å². The van der Waals surface area contributed by atoms with E-state index in [1.807, 2.05) is 49.4 Å². The quantitative estimate of drug-likeness (QED) is 0.668. The van der Waals surface area contributed by atoms with Crippen molar-refractivity contribution in [2.75, 3.05) is 0 Å². The number of nitrogens with one attached hydrogen (secondary N) is 1. The van der Waals surface area contributed by atoms with Crippen LogP contribution in [0, 0.1) is 12.3 Å². The number of rotatable bonds is 4. The number of nitrogens with two attached hydrogens (primary N) is 1. The van der Waals surface area contributed by atoms with E-state index in [-0.39, 0.29) is 5.84 Å². The summed E-state index contributed by atoms with van der Waals surface area (Å²) in [5, 5.41) is 7.42. The van der Waals surface area contributed by atoms with E-state index in [1.165, 1.54) is 5.56 Å². The third-order valence-electron chi connectivity index (χ3n) is 2.72. The zero-order valence-corrected chi connectivity index (χ0v) is 12.2. The van der Waals surface area contributed by atoms with E-state index >= 15 is 0 Å². The minimum Gasteiger partial charge on any atom is -0.488 e. The third kappa shape index (κ3) is 3.58. The van der Waals surface area contributed by atoms with Crippen LogP contribution in [0.5, 0.6) is 5.75 Å². The molecule has 0 unspecified atom stereocenters. The Morgan fingerprint density at radius 2 is 2.05 bits per heavy atom. The van der Waals surface area contributed by atoms with Gasteiger partial charge in [0, 0.05) is 5.56 Å². The lowest BCUT2D eigenvalue weighted by Crippen LogP contribution is -2.11. The standard InChI is InChI=1S/C15H15BrN2O/c1-10-5-6-14(13(16)7-10)19-9-11-3-2-4-12(8-11)15(17)18/h2-8H,9H2,1H3,(H3,17,18). The van der Waals surface area contributed by atoms with Gasteiger partial charge in [-0.1, -0.05) is 24.3 Å². The van der Waals surface area contributed by atoms with E-state index in [0.29, 0.717) is 12.2 Å². The molecule has 2 rings (SSSR count). The fourth-order valence-corrected chi connectivity index (χ4v) is 2.32. The van der Waals surface area contributed by atoms with Crippen molar-refractivity contribution < 1.29 is 4.74 Å². The zero-order valence-electron chi connectivity index (χ0n) is 10.6. The minimum atomic E-state index is 0.0679. The topological polar surface area (TPSA) is 59.1 Å². The average Bonchev–Trinajstić information content (AvgIpc) is 2.38. The molecule has 0 heterocycles. The molecule has 0 bridgehead atoms. The Hall–Kier alpha value is -1.81. The third-order valence-corrected chi connectivity index (χ3v) is 3.34. The summed E-state index contributed by atoms with van der Waals surface area (Å²) in [5.41, 5.74) is 8.34. The zero-order chi connectivity index (χ0) is 13.8. The summed E-state index contributed by atoms with van der Waals surface area (Å²) in [7, 11) is 0. The number of aryl methyl sites for hydroxylation is 1. The SMILES string of the molecule is Cc1ccc(OCc2cccc(C(=N)N)c2)c(Br)c1. The monoisotopic (exact) mass is 318 g/mol. The molecule has 3 nitrogen and oxygen atoms in total. The largest absolute Gasteiger partial charge is 0.488 e. The van der Waals surface area contributed by atoms with Crippen molar-refractivity contribution in [3.63, 3.8) is 0 Å². The molecular weight excluding hydrogens is 304 g/mol. The maximum absolute atomic E-state index is 7.42. The molecule has 0 amide bonds. The van der Waals surface area contributed by atoms with Crippen molar-refractivity contribution in [3.05, 3.63) is 63.6 Å². The molecule has 0 saturated heterocycles. The fourth-order valence-electron chi connectivity index (χ4n) is 1.71. The van der Waals surface area contributed by atoms with Crippen molar-refractivity contribution in [3.8, 4) is 5.75 Å². The van der Waals surface area contributed by atoms with Gasteiger partial charge in [-0.2, -0.15) is 0 Å². The lowest BCUT2D eigenvalue weighted by atomic mass is 10.1. The first-order valence-electron chi connectivity index (χ1n) is 5.88. The Kier molecular flexibility index (Phi) is 4.22. The number of amidine groups is 1. The Balaban J connectivity index is 2.10. The lowest BCUT2D eigenvalue weighted by Gasteiger charge is -2.09. The predicted molar refractivity (Wildman–Crippen MR) is 80.7 cm³/mol. The van der Waals surface area contributed by atoms with Crippen molar-refractivity contribution in [2.24, 2.45) is 5.73 Å². The van der Waals surface area contributed by atoms with Crippen LogP contribution >= 0.6 is 15.9 Å². The number of hydrogen-bond acceptors (Lipinski definition) is 2. The molecule has 0 fully saturated rings. The van der Waals surface area contributed by atoms with Gasteiger partial charge in [-0.05, 0) is 52.2 Å². The molecule has 0 aromatic heterocycles. The lowest BCUT2D eigenvalue weighted by molar-refractivity contribution is 0.304. The van der Waals surface area contributed by atoms with E-state index in [2.05, 4.69) is 15.9 Å². The minimum absolute atomic E-state index is 0.0679. The Bertz CT molecular complexity index is 611. The maximum Gasteiger partial charge on any atom is 0.134 e. The van der Waals surface area contributed by atoms with Crippen LogP contribution in [0.15, 0.2) is 46.9 Å². The van der Waals surface area contributed by atoms with Gasteiger partial charge in [-0.25, -0.2) is 0 Å². The second-order valence-electron chi connectivity index (χ2n) is 4.34. The molecule has 0 spiro atoms. The van der Waals surface area contributed by atoms with Crippen molar-refractivity contribution >= 4 is 21.8 Å². The van der Waals surface area contributed by atoms with Crippen LogP contribution in [-0.2, 0) is 6.61 Å².